The summed E-state index contributed by atoms with van der Waals surface area (Å²) >= 11 is 1.09. The second-order valence-corrected chi connectivity index (χ2v) is 10.7. The number of carbonyl (C=O) groups is 1. The number of carbonyl (C=O) groups excluding carboxylic acids is 1. The molecule has 1 atom stereocenters. The Morgan fingerprint density at radius 2 is 1.97 bits per heavy atom. The van der Waals surface area contributed by atoms with E-state index < -0.39 is 15.3 Å². The van der Waals surface area contributed by atoms with E-state index in [0.717, 1.165) is 31.0 Å². The number of piperidine rings is 1. The molecule has 12 heteroatoms. The summed E-state index contributed by atoms with van der Waals surface area (Å²) in [7, 11) is -3.57. The van der Waals surface area contributed by atoms with Crippen molar-refractivity contribution >= 4 is 33.5 Å². The fourth-order valence-corrected chi connectivity index (χ4v) is 5.52. The third-order valence-electron chi connectivity index (χ3n) is 4.97. The van der Waals surface area contributed by atoms with Crippen LogP contribution in [0.5, 0.6) is 0 Å². The van der Waals surface area contributed by atoms with Gasteiger partial charge in [-0.25, -0.2) is 8.42 Å². The zero-order valence-corrected chi connectivity index (χ0v) is 19.3. The number of amides is 1. The molecule has 1 aromatic carbocycles. The van der Waals surface area contributed by atoms with Crippen LogP contribution in [0.3, 0.4) is 0 Å². The zero-order chi connectivity index (χ0) is 22.7. The first-order valence-electron chi connectivity index (χ1n) is 10.2. The van der Waals surface area contributed by atoms with Gasteiger partial charge in [-0.1, -0.05) is 29.4 Å². The van der Waals surface area contributed by atoms with E-state index in [1.807, 2.05) is 0 Å². The van der Waals surface area contributed by atoms with Gasteiger partial charge in [-0.05, 0) is 44.9 Å². The van der Waals surface area contributed by atoms with Gasteiger partial charge in [0.25, 0.3) is 5.22 Å². The van der Waals surface area contributed by atoms with Gasteiger partial charge in [0, 0.05) is 24.7 Å². The van der Waals surface area contributed by atoms with Crippen molar-refractivity contribution in [3.63, 3.8) is 0 Å². The van der Waals surface area contributed by atoms with Crippen LogP contribution in [0.1, 0.15) is 31.9 Å². The van der Waals surface area contributed by atoms with E-state index in [9.17, 15) is 13.2 Å². The number of nitrogens with one attached hydrogen (secondary N) is 1. The molecule has 2 aromatic heterocycles. The highest BCUT2D eigenvalue weighted by Crippen LogP contribution is 2.29. The second kappa shape index (κ2) is 9.43. The maximum absolute atomic E-state index is 12.9. The van der Waals surface area contributed by atoms with E-state index in [0.29, 0.717) is 30.2 Å². The Bertz CT molecular complexity index is 1200. The van der Waals surface area contributed by atoms with Crippen molar-refractivity contribution in [2.24, 2.45) is 0 Å². The molecule has 3 aromatic rings. The molecular formula is C20H23N5O5S2. The Kier molecular flexibility index (Phi) is 6.63. The van der Waals surface area contributed by atoms with Gasteiger partial charge in [0.2, 0.25) is 21.8 Å². The first-order valence-corrected chi connectivity index (χ1v) is 12.5. The van der Waals surface area contributed by atoms with E-state index in [1.54, 1.807) is 38.1 Å². The molecule has 10 nitrogen and oxygen atoms in total. The molecule has 0 bridgehead atoms. The van der Waals surface area contributed by atoms with Crippen molar-refractivity contribution in [1.29, 1.82) is 0 Å². The van der Waals surface area contributed by atoms with Gasteiger partial charge in [-0.2, -0.15) is 4.31 Å². The van der Waals surface area contributed by atoms with Crippen molar-refractivity contribution in [1.82, 2.24) is 19.7 Å². The molecule has 3 heterocycles. The van der Waals surface area contributed by atoms with Gasteiger partial charge < -0.3 is 14.3 Å². The summed E-state index contributed by atoms with van der Waals surface area (Å²) in [5.41, 5.74) is 0.498. The Morgan fingerprint density at radius 1 is 1.19 bits per heavy atom. The number of rotatable bonds is 7. The second-order valence-electron chi connectivity index (χ2n) is 7.44. The largest absolute Gasteiger partial charge is 0.411 e. The third kappa shape index (κ3) is 5.03. The number of benzene rings is 1. The van der Waals surface area contributed by atoms with Crippen LogP contribution >= 0.6 is 11.8 Å². The maximum Gasteiger partial charge on any atom is 0.277 e. The van der Waals surface area contributed by atoms with Crippen LogP contribution < -0.4 is 5.32 Å². The van der Waals surface area contributed by atoms with Gasteiger partial charge in [0.15, 0.2) is 5.82 Å². The number of nitrogens with zero attached hydrogens (tertiary/aromatic N) is 4. The molecular weight excluding hydrogens is 454 g/mol. The van der Waals surface area contributed by atoms with E-state index in [-0.39, 0.29) is 21.9 Å². The number of thioether (sulfide) groups is 1. The molecule has 0 saturated carbocycles. The lowest BCUT2D eigenvalue weighted by Gasteiger charge is -2.25. The van der Waals surface area contributed by atoms with Crippen molar-refractivity contribution in [3.8, 4) is 11.5 Å². The molecule has 1 saturated heterocycles. The quantitative estimate of drug-likeness (QED) is 0.509. The summed E-state index contributed by atoms with van der Waals surface area (Å²) in [6.45, 7) is 4.49. The Morgan fingerprint density at radius 3 is 2.69 bits per heavy atom. The number of aryl methyl sites for hydroxylation is 1. The summed E-state index contributed by atoms with van der Waals surface area (Å²) in [6.07, 6.45) is 2.78. The summed E-state index contributed by atoms with van der Waals surface area (Å²) < 4.78 is 38.0. The minimum atomic E-state index is -3.57. The standard InChI is InChI=1S/C20H23N5O5S2/c1-13-11-17(24-30-13)21-18(26)14(2)31-20-23-22-19(29-20)15-7-6-8-16(12-15)32(27,28)25-9-4-3-5-10-25/h6-8,11-12,14H,3-5,9-10H2,1-2H3,(H,21,24,26). The molecule has 1 fully saturated rings. The van der Waals surface area contributed by atoms with Gasteiger partial charge >= 0.3 is 0 Å². The molecule has 1 unspecified atom stereocenters. The lowest BCUT2D eigenvalue weighted by Crippen LogP contribution is -2.35. The van der Waals surface area contributed by atoms with Gasteiger partial charge in [-0.15, -0.1) is 10.2 Å². The molecule has 0 aliphatic carbocycles. The Labute approximate surface area is 189 Å². The summed E-state index contributed by atoms with van der Waals surface area (Å²) in [5.74, 6) is 0.810. The molecule has 0 spiro atoms. The van der Waals surface area contributed by atoms with Crippen LogP contribution in [-0.4, -0.2) is 52.3 Å². The molecule has 0 radical (unpaired) electrons. The Hall–Kier alpha value is -2.70. The summed E-state index contributed by atoms with van der Waals surface area (Å²) in [4.78, 5) is 12.5. The minimum absolute atomic E-state index is 0.183. The van der Waals surface area contributed by atoms with Crippen LogP contribution in [0.25, 0.3) is 11.5 Å². The van der Waals surface area contributed by atoms with Crippen LogP contribution in [0.15, 0.2) is 49.4 Å². The molecule has 1 amide bonds. The Balaban J connectivity index is 1.45. The van der Waals surface area contributed by atoms with Crippen molar-refractivity contribution in [3.05, 3.63) is 36.1 Å². The zero-order valence-electron chi connectivity index (χ0n) is 17.6. The van der Waals surface area contributed by atoms with Gasteiger partial charge in [0.05, 0.1) is 10.1 Å². The average molecular weight is 478 g/mol. The fraction of sp³-hybridized carbons (Fsp3) is 0.400. The number of aromatic nitrogens is 3. The third-order valence-corrected chi connectivity index (χ3v) is 7.80. The highest BCUT2D eigenvalue weighted by molar-refractivity contribution is 8.00. The van der Waals surface area contributed by atoms with Gasteiger partial charge in [0.1, 0.15) is 5.76 Å². The van der Waals surface area contributed by atoms with E-state index >= 15 is 0 Å². The monoisotopic (exact) mass is 477 g/mol. The SMILES string of the molecule is Cc1cc(NC(=O)C(C)Sc2nnc(-c3cccc(S(=O)(=O)N4CCCCC4)c3)o2)no1. The molecule has 32 heavy (non-hydrogen) atoms. The molecule has 170 valence electrons. The first kappa shape index (κ1) is 22.5. The molecule has 1 N–H and O–H groups in total. The predicted octanol–water partition coefficient (Wildman–Crippen LogP) is 3.33. The first-order chi connectivity index (χ1) is 15.3. The molecule has 1 aliphatic heterocycles. The van der Waals surface area contributed by atoms with Crippen molar-refractivity contribution < 1.29 is 22.2 Å². The van der Waals surface area contributed by atoms with Crippen molar-refractivity contribution in [2.75, 3.05) is 18.4 Å². The lowest BCUT2D eigenvalue weighted by atomic mass is 10.2. The topological polar surface area (TPSA) is 131 Å². The number of sulfonamides is 1. The maximum atomic E-state index is 12.9. The van der Waals surface area contributed by atoms with E-state index in [2.05, 4.69) is 20.7 Å². The normalized spacial score (nSPS) is 16.1. The number of anilines is 1. The van der Waals surface area contributed by atoms with Crippen LogP contribution in [0, 0.1) is 6.92 Å². The highest BCUT2D eigenvalue weighted by atomic mass is 32.2. The van der Waals surface area contributed by atoms with Gasteiger partial charge in [-0.3, -0.25) is 4.79 Å². The molecule has 4 rings (SSSR count). The van der Waals surface area contributed by atoms with E-state index in [1.165, 1.54) is 10.4 Å². The smallest absolute Gasteiger partial charge is 0.277 e. The van der Waals surface area contributed by atoms with Crippen LogP contribution in [0.2, 0.25) is 0 Å². The lowest BCUT2D eigenvalue weighted by molar-refractivity contribution is -0.115. The average Bonchev–Trinajstić information content (AvgIpc) is 3.43. The van der Waals surface area contributed by atoms with Crippen LogP contribution in [-0.2, 0) is 14.8 Å². The minimum Gasteiger partial charge on any atom is -0.411 e. The fourth-order valence-electron chi connectivity index (χ4n) is 3.28. The molecule has 1 aliphatic rings. The van der Waals surface area contributed by atoms with Crippen molar-refractivity contribution in [2.45, 2.75) is 48.5 Å². The van der Waals surface area contributed by atoms with Crippen LogP contribution in [0.4, 0.5) is 5.82 Å². The predicted molar refractivity (Wildman–Crippen MR) is 118 cm³/mol. The van der Waals surface area contributed by atoms with E-state index in [4.69, 9.17) is 8.94 Å². The highest BCUT2D eigenvalue weighted by Gasteiger charge is 2.27. The number of hydrogen-bond acceptors (Lipinski definition) is 9. The summed E-state index contributed by atoms with van der Waals surface area (Å²) in [5, 5.41) is 14.0. The summed E-state index contributed by atoms with van der Waals surface area (Å²) in [6, 6.07) is 8.08. The number of hydrogen-bond donors (Lipinski definition) is 1.